The molecule has 2 nitrogen and oxygen atoms in total. The van der Waals surface area contributed by atoms with Crippen molar-refractivity contribution in [1.82, 2.24) is 5.32 Å². The number of nitrogens with one attached hydrogen (secondary N) is 1. The lowest BCUT2D eigenvalue weighted by atomic mass is 9.84. The third kappa shape index (κ3) is 3.66. The molecule has 1 heterocycles. The topological polar surface area (TPSA) is 29.1 Å². The second kappa shape index (κ2) is 6.12. The van der Waals surface area contributed by atoms with Gasteiger partial charge in [-0.2, -0.15) is 0 Å². The normalized spacial score (nSPS) is 20.3. The van der Waals surface area contributed by atoms with Gasteiger partial charge in [-0.1, -0.05) is 43.7 Å². The van der Waals surface area contributed by atoms with Crippen LogP contribution in [0.2, 0.25) is 0 Å². The highest BCUT2D eigenvalue weighted by atomic mass is 32.1. The molecule has 3 heteroatoms. The van der Waals surface area contributed by atoms with E-state index in [1.807, 2.05) is 11.3 Å². The molecule has 0 saturated heterocycles. The van der Waals surface area contributed by atoms with E-state index in [1.165, 1.54) is 20.9 Å². The number of thiophene rings is 1. The van der Waals surface area contributed by atoms with Crippen molar-refractivity contribution in [3.63, 3.8) is 0 Å². The predicted octanol–water partition coefficient (Wildman–Crippen LogP) is 4.56. The Kier molecular flexibility index (Phi) is 4.33. The highest BCUT2D eigenvalue weighted by molar-refractivity contribution is 7.12. The van der Waals surface area contributed by atoms with Gasteiger partial charge in [0.25, 0.3) is 0 Å². The quantitative estimate of drug-likeness (QED) is 0.857. The van der Waals surface area contributed by atoms with Crippen molar-refractivity contribution < 1.29 is 4.79 Å². The fourth-order valence-electron chi connectivity index (χ4n) is 3.00. The number of hydrogen-bond donors (Lipinski definition) is 1. The molecule has 1 saturated carbocycles. The molecular weight excluding hydrogens is 302 g/mol. The molecule has 1 N–H and O–H groups in total. The van der Waals surface area contributed by atoms with E-state index in [4.69, 9.17) is 0 Å². The van der Waals surface area contributed by atoms with E-state index in [2.05, 4.69) is 69.4 Å². The molecule has 2 aromatic rings. The maximum absolute atomic E-state index is 12.4. The second-order valence-corrected chi connectivity index (χ2v) is 8.68. The van der Waals surface area contributed by atoms with Gasteiger partial charge in [-0.3, -0.25) is 4.79 Å². The number of benzene rings is 1. The van der Waals surface area contributed by atoms with E-state index >= 15 is 0 Å². The summed E-state index contributed by atoms with van der Waals surface area (Å²) in [5.41, 5.74) is 2.48. The summed E-state index contributed by atoms with van der Waals surface area (Å²) in [5, 5.41) is 3.17. The summed E-state index contributed by atoms with van der Waals surface area (Å²) < 4.78 is 0. The Morgan fingerprint density at radius 3 is 2.48 bits per heavy atom. The van der Waals surface area contributed by atoms with Crippen molar-refractivity contribution in [1.29, 1.82) is 0 Å². The molecule has 0 bridgehead atoms. The van der Waals surface area contributed by atoms with Crippen LogP contribution in [0.25, 0.3) is 0 Å². The van der Waals surface area contributed by atoms with E-state index < -0.39 is 0 Å². The van der Waals surface area contributed by atoms with Crippen LogP contribution in [0.1, 0.15) is 47.1 Å². The average molecular weight is 327 g/mol. The van der Waals surface area contributed by atoms with Crippen LogP contribution in [0.4, 0.5) is 0 Å². The van der Waals surface area contributed by atoms with Gasteiger partial charge in [0, 0.05) is 33.5 Å². The monoisotopic (exact) mass is 327 g/mol. The summed E-state index contributed by atoms with van der Waals surface area (Å²) >= 11 is 1.82. The van der Waals surface area contributed by atoms with Crippen LogP contribution in [0.3, 0.4) is 0 Å². The molecule has 1 amide bonds. The maximum Gasteiger partial charge on any atom is 0.223 e. The van der Waals surface area contributed by atoms with Crippen LogP contribution in [0, 0.1) is 19.8 Å². The van der Waals surface area contributed by atoms with Crippen molar-refractivity contribution in [3.8, 4) is 0 Å². The molecule has 1 aliphatic rings. The summed E-state index contributed by atoms with van der Waals surface area (Å²) in [6.45, 7) is 9.27. The molecule has 1 fully saturated rings. The minimum absolute atomic E-state index is 0.0483. The smallest absolute Gasteiger partial charge is 0.223 e. The Balaban J connectivity index is 1.56. The number of carbonyl (C=O) groups excluding carboxylic acids is 1. The average Bonchev–Trinajstić information content (AvgIpc) is 3.20. The van der Waals surface area contributed by atoms with Crippen LogP contribution in [-0.4, -0.2) is 12.5 Å². The molecule has 2 unspecified atom stereocenters. The van der Waals surface area contributed by atoms with Crippen molar-refractivity contribution in [3.05, 3.63) is 57.3 Å². The fourth-order valence-corrected chi connectivity index (χ4v) is 4.05. The first-order valence-electron chi connectivity index (χ1n) is 8.28. The summed E-state index contributed by atoms with van der Waals surface area (Å²) in [6, 6.07) is 12.9. The molecule has 0 radical (unpaired) electrons. The van der Waals surface area contributed by atoms with Crippen LogP contribution in [0.5, 0.6) is 0 Å². The summed E-state index contributed by atoms with van der Waals surface area (Å²) in [7, 11) is 0. The van der Waals surface area contributed by atoms with Gasteiger partial charge in [0.2, 0.25) is 5.91 Å². The van der Waals surface area contributed by atoms with Gasteiger partial charge >= 0.3 is 0 Å². The molecule has 3 rings (SSSR count). The van der Waals surface area contributed by atoms with Crippen molar-refractivity contribution in [2.24, 2.45) is 5.92 Å². The standard InChI is InChI=1S/C20H25NOS/c1-13-5-8-15(9-6-13)20(3,4)12-21-19(22)17-11-16(17)18-10-7-14(2)23-18/h5-10,16-17H,11-12H2,1-4H3,(H,21,22). The van der Waals surface area contributed by atoms with E-state index in [1.54, 1.807) is 0 Å². The Bertz CT molecular complexity index is 699. The predicted molar refractivity (Wildman–Crippen MR) is 97.1 cm³/mol. The van der Waals surface area contributed by atoms with Gasteiger partial charge in [0.05, 0.1) is 0 Å². The van der Waals surface area contributed by atoms with Crippen LogP contribution < -0.4 is 5.32 Å². The number of rotatable bonds is 5. The van der Waals surface area contributed by atoms with E-state index in [0.717, 1.165) is 6.42 Å². The zero-order valence-corrected chi connectivity index (χ0v) is 15.2. The molecular formula is C20H25NOS. The SMILES string of the molecule is Cc1ccc(C(C)(C)CNC(=O)C2CC2c2ccc(C)s2)cc1. The second-order valence-electron chi connectivity index (χ2n) is 7.36. The number of hydrogen-bond acceptors (Lipinski definition) is 2. The summed E-state index contributed by atoms with van der Waals surface area (Å²) in [5.74, 6) is 0.819. The first-order chi connectivity index (χ1) is 10.9. The van der Waals surface area contributed by atoms with Gasteiger partial charge < -0.3 is 5.32 Å². The molecule has 1 aromatic carbocycles. The number of aryl methyl sites for hydroxylation is 2. The molecule has 1 aliphatic carbocycles. The summed E-state index contributed by atoms with van der Waals surface area (Å²) in [4.78, 5) is 15.1. The lowest BCUT2D eigenvalue weighted by Gasteiger charge is -2.26. The van der Waals surface area contributed by atoms with Gasteiger partial charge in [-0.25, -0.2) is 0 Å². The van der Waals surface area contributed by atoms with Crippen molar-refractivity contribution in [2.45, 2.75) is 45.4 Å². The number of carbonyl (C=O) groups is 1. The highest BCUT2D eigenvalue weighted by Crippen LogP contribution is 2.49. The highest BCUT2D eigenvalue weighted by Gasteiger charge is 2.44. The Labute approximate surface area is 142 Å². The third-order valence-electron chi connectivity index (χ3n) is 4.79. The lowest BCUT2D eigenvalue weighted by Crippen LogP contribution is -2.37. The van der Waals surface area contributed by atoms with Gasteiger partial charge in [-0.05, 0) is 38.0 Å². The number of amides is 1. The van der Waals surface area contributed by atoms with E-state index in [0.29, 0.717) is 12.5 Å². The maximum atomic E-state index is 12.4. The van der Waals surface area contributed by atoms with Crippen molar-refractivity contribution >= 4 is 17.2 Å². The molecule has 1 aromatic heterocycles. The Morgan fingerprint density at radius 1 is 1.17 bits per heavy atom. The zero-order chi connectivity index (χ0) is 16.6. The van der Waals surface area contributed by atoms with Crippen molar-refractivity contribution in [2.75, 3.05) is 6.54 Å². The first-order valence-corrected chi connectivity index (χ1v) is 9.10. The van der Waals surface area contributed by atoms with Gasteiger partial charge in [-0.15, -0.1) is 11.3 Å². The molecule has 122 valence electrons. The minimum atomic E-state index is -0.0483. The zero-order valence-electron chi connectivity index (χ0n) is 14.3. The van der Waals surface area contributed by atoms with Crippen LogP contribution in [-0.2, 0) is 10.2 Å². The van der Waals surface area contributed by atoms with E-state index in [9.17, 15) is 4.79 Å². The molecule has 23 heavy (non-hydrogen) atoms. The third-order valence-corrected chi connectivity index (χ3v) is 5.92. The Hall–Kier alpha value is -1.61. The summed E-state index contributed by atoms with van der Waals surface area (Å²) in [6.07, 6.45) is 0.997. The molecule has 0 spiro atoms. The fraction of sp³-hybridized carbons (Fsp3) is 0.450. The first kappa shape index (κ1) is 16.3. The minimum Gasteiger partial charge on any atom is -0.355 e. The Morgan fingerprint density at radius 2 is 1.87 bits per heavy atom. The molecule has 2 atom stereocenters. The van der Waals surface area contributed by atoms with E-state index in [-0.39, 0.29) is 17.2 Å². The lowest BCUT2D eigenvalue weighted by molar-refractivity contribution is -0.122. The van der Waals surface area contributed by atoms with Gasteiger partial charge in [0.15, 0.2) is 0 Å². The largest absolute Gasteiger partial charge is 0.355 e. The van der Waals surface area contributed by atoms with Gasteiger partial charge in [0.1, 0.15) is 0 Å². The van der Waals surface area contributed by atoms with Crippen LogP contribution in [0.15, 0.2) is 36.4 Å². The molecule has 0 aliphatic heterocycles. The van der Waals surface area contributed by atoms with Crippen LogP contribution >= 0.6 is 11.3 Å².